The first-order valence-corrected chi connectivity index (χ1v) is 23.8. The Kier molecular flexibility index (Phi) is 9.88. The summed E-state index contributed by atoms with van der Waals surface area (Å²) in [6, 6.07) is 79.0. The second-order valence-electron chi connectivity index (χ2n) is 19.3. The Labute approximate surface area is 425 Å². The van der Waals surface area contributed by atoms with Crippen LogP contribution in [0.25, 0.3) is 111 Å². The fourth-order valence-electron chi connectivity index (χ4n) is 10.7. The summed E-state index contributed by atoms with van der Waals surface area (Å²) in [6.45, 7) is 6.71. The molecule has 8 heterocycles. The van der Waals surface area contributed by atoms with Gasteiger partial charge in [-0.15, -0.1) is 29.7 Å². The van der Waals surface area contributed by atoms with Gasteiger partial charge in [-0.05, 0) is 110 Å². The van der Waals surface area contributed by atoms with Crippen LogP contribution < -0.4 is 9.30 Å². The van der Waals surface area contributed by atoms with Crippen LogP contribution in [0.2, 0.25) is 0 Å². The molecule has 0 saturated heterocycles. The van der Waals surface area contributed by atoms with E-state index in [1.165, 1.54) is 21.9 Å². The summed E-state index contributed by atoms with van der Waals surface area (Å²) in [5, 5.41) is 4.57. The SMILES string of the molecule is CC(C)(C)c1ccnc(-n2c3[c-]c4ccc3c3cc(ccc32)-c2ccccc2-c2ccc3c(c2)c2ccccc2n3-c2cccc(c2)-c2ccccc2-[n+]2[c-]n(c3ccccc32)-c2[c-]c(ccc2)O4)c1.[Pt]. The number of hydrogen-bond acceptors (Lipinski definition) is 2. The van der Waals surface area contributed by atoms with Gasteiger partial charge < -0.3 is 18.4 Å². The van der Waals surface area contributed by atoms with Crippen molar-refractivity contribution in [2.45, 2.75) is 26.2 Å². The van der Waals surface area contributed by atoms with Crippen LogP contribution in [0.5, 0.6) is 11.5 Å². The summed E-state index contributed by atoms with van der Waals surface area (Å²) in [6.07, 6.45) is 5.66. The van der Waals surface area contributed by atoms with Gasteiger partial charge in [0.2, 0.25) is 0 Å². The number of nitrogens with zero attached hydrogens (tertiary/aromatic N) is 5. The number of ether oxygens (including phenoxy) is 1. The van der Waals surface area contributed by atoms with Crippen molar-refractivity contribution in [1.82, 2.24) is 18.7 Å². The van der Waals surface area contributed by atoms with Gasteiger partial charge in [0, 0.05) is 60.7 Å². The molecule has 17 rings (SSSR count). The van der Waals surface area contributed by atoms with Crippen LogP contribution in [-0.4, -0.2) is 18.7 Å². The van der Waals surface area contributed by atoms with E-state index in [0.29, 0.717) is 11.5 Å². The Balaban J connectivity index is 0.00000492. The molecule has 7 heteroatoms. The molecule has 9 aromatic carbocycles. The average Bonchev–Trinajstić information content (AvgIpc) is 4.06. The molecular weight excluding hydrogens is 1050 g/mol. The normalized spacial score (nSPS) is 12.2. The van der Waals surface area contributed by atoms with Gasteiger partial charge in [0.1, 0.15) is 5.82 Å². The monoisotopic (exact) mass is 1090 g/mol. The molecule has 15 bridgehead atoms. The number of hydrogen-bond donors (Lipinski definition) is 0. The Morgan fingerprint density at radius 3 is 1.94 bits per heavy atom. The van der Waals surface area contributed by atoms with Crippen LogP contribution in [0.15, 0.2) is 206 Å². The molecule has 0 unspecified atom stereocenters. The van der Waals surface area contributed by atoms with E-state index in [9.17, 15) is 0 Å². The first kappa shape index (κ1) is 42.8. The quantitative estimate of drug-likeness (QED) is 0.121. The van der Waals surface area contributed by atoms with E-state index in [-0.39, 0.29) is 26.5 Å². The smallest absolute Gasteiger partial charge is 0.268 e. The maximum absolute atomic E-state index is 6.73. The van der Waals surface area contributed by atoms with Gasteiger partial charge in [0.05, 0.1) is 27.8 Å². The number of fused-ring (bicyclic) bond motifs is 2. The number of para-hydroxylation sites is 4. The van der Waals surface area contributed by atoms with Crippen LogP contribution in [0.1, 0.15) is 26.3 Å². The zero-order chi connectivity index (χ0) is 46.7. The summed E-state index contributed by atoms with van der Waals surface area (Å²) in [5.74, 6) is 1.97. The van der Waals surface area contributed by atoms with Crippen molar-refractivity contribution in [1.29, 1.82) is 0 Å². The van der Waals surface area contributed by atoms with E-state index in [4.69, 9.17) is 9.72 Å². The fraction of sp³-hybridized carbons (Fsp3) is 0.0625. The van der Waals surface area contributed by atoms with Gasteiger partial charge in [-0.3, -0.25) is 4.57 Å². The van der Waals surface area contributed by atoms with E-state index in [1.807, 2.05) is 30.5 Å². The largest absolute Gasteiger partial charge is 0.510 e. The maximum Gasteiger partial charge on any atom is 0.268 e. The number of imidazole rings is 1. The van der Waals surface area contributed by atoms with Crippen LogP contribution in [-0.2, 0) is 26.5 Å². The van der Waals surface area contributed by atoms with Crippen molar-refractivity contribution >= 4 is 54.6 Å². The van der Waals surface area contributed by atoms with E-state index < -0.39 is 0 Å². The first-order chi connectivity index (χ1) is 34.3. The van der Waals surface area contributed by atoms with Crippen LogP contribution >= 0.6 is 0 Å². The number of benzene rings is 9. The van der Waals surface area contributed by atoms with Crippen LogP contribution in [0.4, 0.5) is 0 Å². The van der Waals surface area contributed by atoms with Crippen molar-refractivity contribution in [2.24, 2.45) is 0 Å². The van der Waals surface area contributed by atoms with Crippen LogP contribution in [0, 0.1) is 18.5 Å². The standard InChI is InChI=1S/C64H43N5O.Pt/c1-64(2,3)44-32-33-65-63(37-44)69-59-31-27-43-36-55(59)53-29-28-48(39-62(53)69)70-47-17-13-15-45(38-47)66-40-67(61-25-11-10-24-60(61)66)56-22-8-6-20-51(56)41-14-12-16-46(34-41)68-57-23-9-7-21-52(57)54-35-42(26-30-58(54)68)49-18-4-5-19-50(43)49;/h4-37H,1-3H3;/q-2;. The molecule has 342 valence electrons. The summed E-state index contributed by atoms with van der Waals surface area (Å²) < 4.78 is 15.6. The molecule has 6 nitrogen and oxygen atoms in total. The topological polar surface area (TPSA) is 40.8 Å². The van der Waals surface area contributed by atoms with Gasteiger partial charge >= 0.3 is 0 Å². The van der Waals surface area contributed by atoms with E-state index in [0.717, 1.165) is 94.6 Å². The van der Waals surface area contributed by atoms with Crippen molar-refractivity contribution in [2.75, 3.05) is 0 Å². The molecule has 0 amide bonds. The predicted octanol–water partition coefficient (Wildman–Crippen LogP) is 15.3. The van der Waals surface area contributed by atoms with Crippen LogP contribution in [0.3, 0.4) is 0 Å². The first-order valence-electron chi connectivity index (χ1n) is 23.8. The molecule has 4 aliphatic rings. The minimum Gasteiger partial charge on any atom is -0.510 e. The third-order valence-corrected chi connectivity index (χ3v) is 14.0. The third kappa shape index (κ3) is 6.88. The molecule has 0 atom stereocenters. The van der Waals surface area contributed by atoms with Crippen molar-refractivity contribution in [3.05, 3.63) is 230 Å². The molecule has 13 aromatic rings. The molecule has 71 heavy (non-hydrogen) atoms. The van der Waals surface area contributed by atoms with Gasteiger partial charge in [-0.1, -0.05) is 142 Å². The Morgan fingerprint density at radius 1 is 0.493 bits per heavy atom. The molecule has 0 saturated carbocycles. The third-order valence-electron chi connectivity index (χ3n) is 14.0. The second kappa shape index (κ2) is 16.4. The minimum atomic E-state index is -0.0732. The molecule has 0 spiro atoms. The number of aromatic nitrogens is 5. The Morgan fingerprint density at radius 2 is 1.14 bits per heavy atom. The van der Waals surface area contributed by atoms with E-state index >= 15 is 0 Å². The van der Waals surface area contributed by atoms with Gasteiger partial charge in [0.25, 0.3) is 6.33 Å². The Hall–Kier alpha value is -8.31. The predicted molar refractivity (Wildman–Crippen MR) is 283 cm³/mol. The van der Waals surface area contributed by atoms with Gasteiger partial charge in [-0.25, -0.2) is 4.98 Å². The summed E-state index contributed by atoms with van der Waals surface area (Å²) in [4.78, 5) is 4.99. The fourth-order valence-corrected chi connectivity index (χ4v) is 10.7. The molecule has 0 aliphatic carbocycles. The summed E-state index contributed by atoms with van der Waals surface area (Å²) >= 11 is 0. The molecule has 0 N–H and O–H groups in total. The van der Waals surface area contributed by atoms with Crippen molar-refractivity contribution in [3.8, 4) is 67.8 Å². The minimum absolute atomic E-state index is 0. The summed E-state index contributed by atoms with van der Waals surface area (Å²) in [5.41, 5.74) is 17.1. The number of rotatable bonds is 1. The second-order valence-corrected chi connectivity index (χ2v) is 19.3. The molecule has 4 aliphatic heterocycles. The van der Waals surface area contributed by atoms with Gasteiger partial charge in [0.15, 0.2) is 0 Å². The molecule has 0 radical (unpaired) electrons. The zero-order valence-corrected chi connectivity index (χ0v) is 41.4. The maximum atomic E-state index is 6.73. The summed E-state index contributed by atoms with van der Waals surface area (Å²) in [7, 11) is 0. The van der Waals surface area contributed by atoms with Crippen molar-refractivity contribution in [3.63, 3.8) is 0 Å². The van der Waals surface area contributed by atoms with E-state index in [2.05, 4.69) is 233 Å². The number of pyridine rings is 1. The Bertz CT molecular complexity index is 4280. The van der Waals surface area contributed by atoms with Gasteiger partial charge in [-0.2, -0.15) is 18.2 Å². The zero-order valence-electron chi connectivity index (χ0n) is 39.1. The molecular formula is C64H43N5OPt-2. The van der Waals surface area contributed by atoms with Crippen molar-refractivity contribution < 1.29 is 30.4 Å². The average molecular weight is 1090 g/mol. The molecule has 4 aromatic heterocycles. The molecule has 0 fully saturated rings. The van der Waals surface area contributed by atoms with E-state index in [1.54, 1.807) is 0 Å².